The molecular weight excluding hydrogens is 372 g/mol. The lowest BCUT2D eigenvalue weighted by molar-refractivity contribution is 0.597. The highest BCUT2D eigenvalue weighted by molar-refractivity contribution is 7.92. The molecule has 0 unspecified atom stereocenters. The molecule has 0 aliphatic rings. The molecule has 0 aromatic heterocycles. The van der Waals surface area contributed by atoms with E-state index in [1.54, 1.807) is 12.1 Å². The van der Waals surface area contributed by atoms with Gasteiger partial charge in [-0.3, -0.25) is 4.72 Å². The Morgan fingerprint density at radius 3 is 1.65 bits per heavy atom. The van der Waals surface area contributed by atoms with Crippen LogP contribution in [-0.4, -0.2) is 16.8 Å². The summed E-state index contributed by atoms with van der Waals surface area (Å²) in [4.78, 5) is 0.0142. The fourth-order valence-corrected chi connectivity index (χ4v) is 3.96. The Hall–Kier alpha value is -2.68. The lowest BCUT2D eigenvalue weighted by Gasteiger charge is -2.09. The molecule has 0 bridgehead atoms. The van der Waals surface area contributed by atoms with Gasteiger partial charge in [-0.1, -0.05) is 42.5 Å². The number of primary sulfonamides is 1. The van der Waals surface area contributed by atoms with Crippen LogP contribution in [0.15, 0.2) is 88.7 Å². The maximum Gasteiger partial charge on any atom is 0.261 e. The molecule has 26 heavy (non-hydrogen) atoms. The second-order valence-corrected chi connectivity index (χ2v) is 8.81. The van der Waals surface area contributed by atoms with Gasteiger partial charge < -0.3 is 0 Å². The van der Waals surface area contributed by atoms with Crippen LogP contribution in [0.3, 0.4) is 0 Å². The van der Waals surface area contributed by atoms with E-state index in [-0.39, 0.29) is 15.5 Å². The predicted molar refractivity (Wildman–Crippen MR) is 101 cm³/mol. The molecule has 0 aliphatic carbocycles. The fourth-order valence-electron chi connectivity index (χ4n) is 2.38. The van der Waals surface area contributed by atoms with Crippen LogP contribution in [0.1, 0.15) is 0 Å². The number of anilines is 1. The van der Waals surface area contributed by atoms with Crippen LogP contribution in [0.25, 0.3) is 11.1 Å². The third-order valence-electron chi connectivity index (χ3n) is 3.71. The van der Waals surface area contributed by atoms with Gasteiger partial charge in [-0.25, -0.2) is 22.0 Å². The van der Waals surface area contributed by atoms with E-state index in [0.717, 1.165) is 11.1 Å². The molecule has 0 heterocycles. The summed E-state index contributed by atoms with van der Waals surface area (Å²) in [6, 6.07) is 21.3. The standard InChI is InChI=1S/C18H16N2O4S2/c19-25(21,22)17-12-8-16(9-13-17)20-26(23,24)18-10-6-15(7-11-18)14-4-2-1-3-5-14/h1-13,20H,(H2,19,21,22). The largest absolute Gasteiger partial charge is 0.280 e. The normalized spacial score (nSPS) is 11.9. The van der Waals surface area contributed by atoms with Crippen LogP contribution in [-0.2, 0) is 20.0 Å². The van der Waals surface area contributed by atoms with E-state index in [1.807, 2.05) is 30.3 Å². The summed E-state index contributed by atoms with van der Waals surface area (Å²) in [5.74, 6) is 0. The van der Waals surface area contributed by atoms with Crippen molar-refractivity contribution in [1.29, 1.82) is 0 Å². The van der Waals surface area contributed by atoms with Crippen LogP contribution < -0.4 is 9.86 Å². The molecule has 0 saturated heterocycles. The van der Waals surface area contributed by atoms with Crippen LogP contribution in [0, 0.1) is 0 Å². The maximum atomic E-state index is 12.5. The average Bonchev–Trinajstić information content (AvgIpc) is 2.62. The van der Waals surface area contributed by atoms with E-state index < -0.39 is 20.0 Å². The fraction of sp³-hybridized carbons (Fsp3) is 0. The highest BCUT2D eigenvalue weighted by Gasteiger charge is 2.15. The molecule has 0 saturated carbocycles. The summed E-state index contributed by atoms with van der Waals surface area (Å²) in [7, 11) is -7.62. The SMILES string of the molecule is NS(=O)(=O)c1ccc(NS(=O)(=O)c2ccc(-c3ccccc3)cc2)cc1. The van der Waals surface area contributed by atoms with Crippen molar-refractivity contribution in [3.63, 3.8) is 0 Å². The van der Waals surface area contributed by atoms with E-state index in [4.69, 9.17) is 5.14 Å². The van der Waals surface area contributed by atoms with Gasteiger partial charge in [0.15, 0.2) is 0 Å². The molecular formula is C18H16N2O4S2. The minimum absolute atomic E-state index is 0.0901. The summed E-state index contributed by atoms with van der Waals surface area (Å²) in [5, 5.41) is 5.02. The van der Waals surface area contributed by atoms with Crippen molar-refractivity contribution in [2.75, 3.05) is 4.72 Å². The first-order valence-electron chi connectivity index (χ1n) is 7.57. The van der Waals surface area contributed by atoms with Gasteiger partial charge in [0.2, 0.25) is 10.0 Å². The Kier molecular flexibility index (Phi) is 4.82. The molecule has 0 radical (unpaired) electrons. The van der Waals surface area contributed by atoms with E-state index in [2.05, 4.69) is 4.72 Å². The first kappa shape index (κ1) is 18.1. The van der Waals surface area contributed by atoms with Gasteiger partial charge in [0.05, 0.1) is 9.79 Å². The molecule has 3 aromatic carbocycles. The molecule has 0 atom stereocenters. The van der Waals surface area contributed by atoms with E-state index in [9.17, 15) is 16.8 Å². The van der Waals surface area contributed by atoms with E-state index in [1.165, 1.54) is 36.4 Å². The zero-order valence-electron chi connectivity index (χ0n) is 13.5. The molecule has 3 rings (SSSR count). The zero-order valence-corrected chi connectivity index (χ0v) is 15.2. The van der Waals surface area contributed by atoms with Crippen molar-refractivity contribution < 1.29 is 16.8 Å². The second-order valence-electron chi connectivity index (χ2n) is 5.57. The van der Waals surface area contributed by atoms with Crippen molar-refractivity contribution in [3.05, 3.63) is 78.9 Å². The van der Waals surface area contributed by atoms with Crippen molar-refractivity contribution in [3.8, 4) is 11.1 Å². The molecule has 0 fully saturated rings. The predicted octanol–water partition coefficient (Wildman–Crippen LogP) is 2.80. The second kappa shape index (κ2) is 6.91. The molecule has 6 nitrogen and oxygen atoms in total. The highest BCUT2D eigenvalue weighted by Crippen LogP contribution is 2.23. The van der Waals surface area contributed by atoms with Crippen molar-refractivity contribution >= 4 is 25.7 Å². The molecule has 0 aliphatic heterocycles. The van der Waals surface area contributed by atoms with Crippen LogP contribution in [0.4, 0.5) is 5.69 Å². The number of nitrogens with two attached hydrogens (primary N) is 1. The Balaban J connectivity index is 1.82. The minimum Gasteiger partial charge on any atom is -0.280 e. The number of sulfonamides is 2. The number of rotatable bonds is 5. The lowest BCUT2D eigenvalue weighted by atomic mass is 10.1. The monoisotopic (exact) mass is 388 g/mol. The summed E-state index contributed by atoms with van der Waals surface area (Å²) < 4.78 is 49.8. The number of hydrogen-bond donors (Lipinski definition) is 2. The maximum absolute atomic E-state index is 12.5. The Morgan fingerprint density at radius 1 is 0.615 bits per heavy atom. The first-order valence-corrected chi connectivity index (χ1v) is 10.6. The van der Waals surface area contributed by atoms with Gasteiger partial charge in [0.25, 0.3) is 10.0 Å². The summed E-state index contributed by atoms with van der Waals surface area (Å²) in [5.41, 5.74) is 2.13. The summed E-state index contributed by atoms with van der Waals surface area (Å²) >= 11 is 0. The Bertz CT molecular complexity index is 1110. The highest BCUT2D eigenvalue weighted by atomic mass is 32.2. The zero-order chi connectivity index (χ0) is 18.8. The van der Waals surface area contributed by atoms with Crippen LogP contribution in [0.5, 0.6) is 0 Å². The molecule has 3 aromatic rings. The average molecular weight is 388 g/mol. The van der Waals surface area contributed by atoms with Gasteiger partial charge in [0, 0.05) is 5.69 Å². The smallest absolute Gasteiger partial charge is 0.261 e. The Labute approximate surface area is 152 Å². The first-order chi connectivity index (χ1) is 12.3. The summed E-state index contributed by atoms with van der Waals surface area (Å²) in [6.45, 7) is 0. The minimum atomic E-state index is -3.82. The van der Waals surface area contributed by atoms with E-state index in [0.29, 0.717) is 0 Å². The topological polar surface area (TPSA) is 106 Å². The van der Waals surface area contributed by atoms with Gasteiger partial charge in [-0.2, -0.15) is 0 Å². The van der Waals surface area contributed by atoms with Gasteiger partial charge in [-0.05, 0) is 47.5 Å². The van der Waals surface area contributed by atoms with Crippen LogP contribution >= 0.6 is 0 Å². The number of benzene rings is 3. The third kappa shape index (κ3) is 4.10. The third-order valence-corrected chi connectivity index (χ3v) is 6.03. The molecule has 3 N–H and O–H groups in total. The quantitative estimate of drug-likeness (QED) is 0.701. The van der Waals surface area contributed by atoms with Crippen molar-refractivity contribution in [2.24, 2.45) is 5.14 Å². The van der Waals surface area contributed by atoms with Gasteiger partial charge in [0.1, 0.15) is 0 Å². The van der Waals surface area contributed by atoms with Gasteiger partial charge >= 0.3 is 0 Å². The summed E-state index contributed by atoms with van der Waals surface area (Å²) in [6.07, 6.45) is 0. The molecule has 0 spiro atoms. The molecule has 8 heteroatoms. The molecule has 0 amide bonds. The Morgan fingerprint density at radius 2 is 1.12 bits per heavy atom. The number of nitrogens with one attached hydrogen (secondary N) is 1. The molecule has 134 valence electrons. The van der Waals surface area contributed by atoms with Crippen molar-refractivity contribution in [2.45, 2.75) is 9.79 Å². The number of hydrogen-bond acceptors (Lipinski definition) is 4. The van der Waals surface area contributed by atoms with Gasteiger partial charge in [-0.15, -0.1) is 0 Å². The van der Waals surface area contributed by atoms with Crippen molar-refractivity contribution in [1.82, 2.24) is 0 Å². The lowest BCUT2D eigenvalue weighted by Crippen LogP contribution is -2.14. The van der Waals surface area contributed by atoms with E-state index >= 15 is 0 Å². The van der Waals surface area contributed by atoms with Crippen LogP contribution in [0.2, 0.25) is 0 Å².